The first kappa shape index (κ1) is 15.6. The summed E-state index contributed by atoms with van der Waals surface area (Å²) >= 11 is 1.37. The lowest BCUT2D eigenvalue weighted by atomic mass is 9.82. The Morgan fingerprint density at radius 2 is 2.06 bits per heavy atom. The summed E-state index contributed by atoms with van der Waals surface area (Å²) in [6.07, 6.45) is 0. The van der Waals surface area contributed by atoms with Crippen molar-refractivity contribution in [2.45, 2.75) is 39.1 Å². The van der Waals surface area contributed by atoms with Gasteiger partial charge in [-0.3, -0.25) is 0 Å². The molecule has 1 rings (SSSR count). The highest BCUT2D eigenvalue weighted by Gasteiger charge is 2.23. The molecule has 0 saturated carbocycles. The molecule has 0 saturated heterocycles. The van der Waals surface area contributed by atoms with Crippen LogP contribution in [-0.2, 0) is 16.6 Å². The number of rotatable bonds is 5. The van der Waals surface area contributed by atoms with E-state index in [0.717, 1.165) is 4.88 Å². The zero-order chi connectivity index (χ0) is 14.0. The van der Waals surface area contributed by atoms with E-state index in [-0.39, 0.29) is 11.3 Å². The number of hydrogen-bond donors (Lipinski definition) is 2. The smallest absolute Gasteiger partial charge is 0.241 e. The minimum atomic E-state index is -3.40. The maximum atomic E-state index is 12.0. The second kappa shape index (κ2) is 5.69. The minimum absolute atomic E-state index is 0.0829. The lowest BCUT2D eigenvalue weighted by molar-refractivity contribution is 0.263. The lowest BCUT2D eigenvalue weighted by Gasteiger charge is -2.27. The van der Waals surface area contributed by atoms with Crippen LogP contribution in [0.5, 0.6) is 0 Å². The summed E-state index contributed by atoms with van der Waals surface area (Å²) in [5.74, 6) is 0.264. The molecule has 1 aromatic rings. The fraction of sp³-hybridized carbons (Fsp3) is 0.667. The van der Waals surface area contributed by atoms with Gasteiger partial charge in [-0.15, -0.1) is 11.3 Å². The van der Waals surface area contributed by atoms with Gasteiger partial charge in [0.25, 0.3) is 0 Å². The molecule has 0 fully saturated rings. The molecular weight excluding hydrogens is 268 g/mol. The summed E-state index contributed by atoms with van der Waals surface area (Å²) in [5.41, 5.74) is 5.56. The SMILES string of the molecule is CC(CNS(=O)(=O)c1csc(CN)c1)C(C)(C)C. The minimum Gasteiger partial charge on any atom is -0.326 e. The Labute approximate surface area is 114 Å². The van der Waals surface area contributed by atoms with Gasteiger partial charge in [-0.05, 0) is 17.4 Å². The van der Waals surface area contributed by atoms with Crippen molar-refractivity contribution in [1.82, 2.24) is 4.72 Å². The molecular formula is C12H22N2O2S2. The van der Waals surface area contributed by atoms with Gasteiger partial charge in [-0.1, -0.05) is 27.7 Å². The van der Waals surface area contributed by atoms with E-state index < -0.39 is 10.0 Å². The van der Waals surface area contributed by atoms with Gasteiger partial charge >= 0.3 is 0 Å². The van der Waals surface area contributed by atoms with Gasteiger partial charge in [-0.25, -0.2) is 13.1 Å². The maximum Gasteiger partial charge on any atom is 0.241 e. The zero-order valence-corrected chi connectivity index (χ0v) is 13.0. The van der Waals surface area contributed by atoms with Crippen LogP contribution in [0.1, 0.15) is 32.6 Å². The predicted molar refractivity (Wildman–Crippen MR) is 76.0 cm³/mol. The number of thiophene rings is 1. The third-order valence-corrected chi connectivity index (χ3v) is 5.71. The Morgan fingerprint density at radius 3 is 2.50 bits per heavy atom. The average Bonchev–Trinajstić information content (AvgIpc) is 2.73. The van der Waals surface area contributed by atoms with Crippen molar-refractivity contribution in [1.29, 1.82) is 0 Å². The van der Waals surface area contributed by atoms with E-state index in [2.05, 4.69) is 25.5 Å². The van der Waals surface area contributed by atoms with Crippen molar-refractivity contribution in [2.24, 2.45) is 17.1 Å². The monoisotopic (exact) mass is 290 g/mol. The van der Waals surface area contributed by atoms with Gasteiger partial charge in [0.05, 0.1) is 4.90 Å². The van der Waals surface area contributed by atoms with Crippen molar-refractivity contribution in [3.63, 3.8) is 0 Å². The van der Waals surface area contributed by atoms with Crippen LogP contribution in [0.15, 0.2) is 16.3 Å². The molecule has 1 aromatic heterocycles. The number of nitrogens with two attached hydrogens (primary N) is 1. The van der Waals surface area contributed by atoms with Gasteiger partial charge in [0, 0.05) is 23.3 Å². The van der Waals surface area contributed by atoms with E-state index in [1.807, 2.05) is 6.92 Å². The first-order valence-corrected chi connectivity index (χ1v) is 8.30. The third kappa shape index (κ3) is 4.05. The first-order chi connectivity index (χ1) is 8.16. The van der Waals surface area contributed by atoms with Crippen molar-refractivity contribution in [2.75, 3.05) is 6.54 Å². The maximum absolute atomic E-state index is 12.0. The molecule has 0 spiro atoms. The molecule has 0 aliphatic heterocycles. The molecule has 104 valence electrons. The zero-order valence-electron chi connectivity index (χ0n) is 11.4. The molecule has 18 heavy (non-hydrogen) atoms. The molecule has 0 aliphatic rings. The second-order valence-corrected chi connectivity index (χ2v) is 8.33. The summed E-state index contributed by atoms with van der Waals surface area (Å²) in [7, 11) is -3.40. The first-order valence-electron chi connectivity index (χ1n) is 5.94. The molecule has 0 bridgehead atoms. The van der Waals surface area contributed by atoms with Crippen LogP contribution in [-0.4, -0.2) is 15.0 Å². The highest BCUT2D eigenvalue weighted by molar-refractivity contribution is 7.89. The fourth-order valence-electron chi connectivity index (χ4n) is 1.23. The van der Waals surface area contributed by atoms with Gasteiger partial charge < -0.3 is 5.73 Å². The number of sulfonamides is 1. The van der Waals surface area contributed by atoms with Crippen molar-refractivity contribution < 1.29 is 8.42 Å². The standard InChI is InChI=1S/C12H22N2O2S2/c1-9(12(2,3)4)7-14-18(15,16)11-5-10(6-13)17-8-11/h5,8-9,14H,6-7,13H2,1-4H3. The van der Waals surface area contributed by atoms with Crippen LogP contribution in [0.4, 0.5) is 0 Å². The van der Waals surface area contributed by atoms with E-state index in [9.17, 15) is 8.42 Å². The Hall–Kier alpha value is -0.430. The van der Waals surface area contributed by atoms with E-state index in [1.165, 1.54) is 11.3 Å². The van der Waals surface area contributed by atoms with Gasteiger partial charge in [0.1, 0.15) is 0 Å². The molecule has 1 unspecified atom stereocenters. The van der Waals surface area contributed by atoms with Crippen molar-refractivity contribution in [3.05, 3.63) is 16.3 Å². The third-order valence-electron chi connectivity index (χ3n) is 3.20. The second-order valence-electron chi connectivity index (χ2n) is 5.57. The lowest BCUT2D eigenvalue weighted by Crippen LogP contribution is -2.33. The Bertz CT molecular complexity index is 486. The largest absolute Gasteiger partial charge is 0.326 e. The molecule has 0 amide bonds. The summed E-state index contributed by atoms with van der Waals surface area (Å²) in [6, 6.07) is 1.63. The van der Waals surface area contributed by atoms with Crippen LogP contribution >= 0.6 is 11.3 Å². The van der Waals surface area contributed by atoms with Crippen LogP contribution in [0.25, 0.3) is 0 Å². The molecule has 0 aliphatic carbocycles. The number of hydrogen-bond acceptors (Lipinski definition) is 4. The van der Waals surface area contributed by atoms with E-state index >= 15 is 0 Å². The molecule has 0 aromatic carbocycles. The van der Waals surface area contributed by atoms with E-state index in [1.54, 1.807) is 11.4 Å². The highest BCUT2D eigenvalue weighted by atomic mass is 32.2. The molecule has 4 nitrogen and oxygen atoms in total. The van der Waals surface area contributed by atoms with Gasteiger partial charge in [0.2, 0.25) is 10.0 Å². The Morgan fingerprint density at radius 1 is 1.44 bits per heavy atom. The average molecular weight is 290 g/mol. The summed E-state index contributed by atoms with van der Waals surface area (Å²) in [4.78, 5) is 1.19. The Balaban J connectivity index is 2.71. The normalized spacial score (nSPS) is 14.7. The Kier molecular flexibility index (Phi) is 4.94. The van der Waals surface area contributed by atoms with Gasteiger partial charge in [0.15, 0.2) is 0 Å². The molecule has 3 N–H and O–H groups in total. The summed E-state index contributed by atoms with van der Waals surface area (Å²) in [5, 5.41) is 1.63. The molecule has 1 atom stereocenters. The highest BCUT2D eigenvalue weighted by Crippen LogP contribution is 2.25. The predicted octanol–water partition coefficient (Wildman–Crippen LogP) is 2.17. The fourth-order valence-corrected chi connectivity index (χ4v) is 3.52. The van der Waals surface area contributed by atoms with E-state index in [4.69, 9.17) is 5.73 Å². The quantitative estimate of drug-likeness (QED) is 0.873. The number of nitrogens with one attached hydrogen (secondary N) is 1. The van der Waals surface area contributed by atoms with Crippen LogP contribution in [0, 0.1) is 11.3 Å². The van der Waals surface area contributed by atoms with Crippen LogP contribution in [0.2, 0.25) is 0 Å². The van der Waals surface area contributed by atoms with Crippen LogP contribution < -0.4 is 10.5 Å². The van der Waals surface area contributed by atoms with E-state index in [0.29, 0.717) is 18.0 Å². The molecule has 1 heterocycles. The van der Waals surface area contributed by atoms with Crippen molar-refractivity contribution >= 4 is 21.4 Å². The summed E-state index contributed by atoms with van der Waals surface area (Å²) < 4.78 is 26.8. The van der Waals surface area contributed by atoms with Gasteiger partial charge in [-0.2, -0.15) is 0 Å². The summed E-state index contributed by atoms with van der Waals surface area (Å²) in [6.45, 7) is 9.16. The topological polar surface area (TPSA) is 72.2 Å². The van der Waals surface area contributed by atoms with Crippen LogP contribution in [0.3, 0.4) is 0 Å². The van der Waals surface area contributed by atoms with Crippen molar-refractivity contribution in [3.8, 4) is 0 Å². The molecule has 6 heteroatoms. The molecule has 0 radical (unpaired) electrons.